The van der Waals surface area contributed by atoms with E-state index in [1.165, 1.54) is 43.2 Å². The molecule has 8 heteroatoms. The zero-order chi connectivity index (χ0) is 20.2. The van der Waals surface area contributed by atoms with Crippen LogP contribution < -0.4 is 0 Å². The number of nitrogens with one attached hydrogen (secondary N) is 1. The average Bonchev–Trinajstić information content (AvgIpc) is 3.43. The molecule has 1 aromatic carbocycles. The summed E-state index contributed by atoms with van der Waals surface area (Å²) >= 11 is 1.34. The summed E-state index contributed by atoms with van der Waals surface area (Å²) < 4.78 is 15.4. The van der Waals surface area contributed by atoms with Crippen LogP contribution >= 0.6 is 11.8 Å². The summed E-state index contributed by atoms with van der Waals surface area (Å²) in [6, 6.07) is 9.96. The number of piperidine rings is 1. The maximum Gasteiger partial charge on any atom is 0.196 e. The van der Waals surface area contributed by atoms with Crippen LogP contribution in [-0.4, -0.2) is 49.3 Å². The van der Waals surface area contributed by atoms with Gasteiger partial charge in [-0.25, -0.2) is 4.39 Å². The van der Waals surface area contributed by atoms with Crippen molar-refractivity contribution in [3.63, 3.8) is 0 Å². The molecule has 3 heterocycles. The first-order valence-electron chi connectivity index (χ1n) is 9.88. The second-order valence-electron chi connectivity index (χ2n) is 7.22. The van der Waals surface area contributed by atoms with Crippen molar-refractivity contribution in [1.29, 1.82) is 0 Å². The number of hydrogen-bond acceptors (Lipinski definition) is 5. The maximum absolute atomic E-state index is 13.5. The molecule has 0 bridgehead atoms. The Bertz CT molecular complexity index is 948. The zero-order valence-corrected chi connectivity index (χ0v) is 17.2. The third kappa shape index (κ3) is 4.43. The number of halogens is 1. The molecule has 0 unspecified atom stereocenters. The van der Waals surface area contributed by atoms with E-state index in [4.69, 9.17) is 0 Å². The van der Waals surface area contributed by atoms with E-state index in [9.17, 15) is 9.18 Å². The number of thioether (sulfide) groups is 1. The summed E-state index contributed by atoms with van der Waals surface area (Å²) in [4.78, 5) is 17.7. The van der Waals surface area contributed by atoms with Crippen LogP contribution in [0.3, 0.4) is 0 Å². The van der Waals surface area contributed by atoms with E-state index < -0.39 is 0 Å². The molecular formula is C21H24FN5OS. The lowest BCUT2D eigenvalue weighted by Gasteiger charge is -2.31. The van der Waals surface area contributed by atoms with Gasteiger partial charge in [0.25, 0.3) is 0 Å². The minimum Gasteiger partial charge on any atom is -0.359 e. The van der Waals surface area contributed by atoms with Gasteiger partial charge in [-0.3, -0.25) is 14.3 Å². The second-order valence-corrected chi connectivity index (χ2v) is 8.16. The molecule has 152 valence electrons. The van der Waals surface area contributed by atoms with Crippen LogP contribution in [-0.2, 0) is 0 Å². The van der Waals surface area contributed by atoms with Gasteiger partial charge in [0.2, 0.25) is 0 Å². The van der Waals surface area contributed by atoms with Crippen LogP contribution in [0.2, 0.25) is 0 Å². The van der Waals surface area contributed by atoms with E-state index in [0.717, 1.165) is 24.6 Å². The number of ketones is 1. The quantitative estimate of drug-likeness (QED) is 0.463. The molecule has 0 amide bonds. The number of Topliss-reactive ketones (excluding diaryl/α,β-unsaturated/α-hetero) is 1. The van der Waals surface area contributed by atoms with Crippen LogP contribution in [0.5, 0.6) is 0 Å². The Labute approximate surface area is 173 Å². The molecule has 0 spiro atoms. The standard InChI is InChI=1S/C21H24FN5OS/c1-15(26-12-3-2-4-13-26)20-24-25-21(27(20)17-9-7-16(22)8-10-17)29-14-19(28)18-6-5-11-23-18/h5-11,15,23H,2-4,12-14H2,1H3/t15-/m1/s1. The van der Waals surface area contributed by atoms with Gasteiger partial charge in [-0.05, 0) is 69.3 Å². The number of likely N-dealkylation sites (tertiary alicyclic amines) is 1. The summed E-state index contributed by atoms with van der Waals surface area (Å²) in [7, 11) is 0. The first-order valence-corrected chi connectivity index (χ1v) is 10.9. The molecule has 2 aromatic heterocycles. The molecule has 1 atom stereocenters. The number of aromatic amines is 1. The van der Waals surface area contributed by atoms with Crippen LogP contribution in [0.15, 0.2) is 47.8 Å². The topological polar surface area (TPSA) is 66.8 Å². The van der Waals surface area contributed by atoms with Gasteiger partial charge in [-0.2, -0.15) is 0 Å². The predicted octanol–water partition coefficient (Wildman–Crippen LogP) is 4.26. The second kappa shape index (κ2) is 8.92. The molecule has 1 saturated heterocycles. The van der Waals surface area contributed by atoms with Gasteiger partial charge in [-0.15, -0.1) is 10.2 Å². The van der Waals surface area contributed by atoms with E-state index >= 15 is 0 Å². The Morgan fingerprint density at radius 3 is 2.62 bits per heavy atom. The van der Waals surface area contributed by atoms with Gasteiger partial charge in [0.15, 0.2) is 16.8 Å². The number of carbonyl (C=O) groups excluding carboxylic acids is 1. The normalized spacial score (nSPS) is 16.1. The van der Waals surface area contributed by atoms with E-state index in [0.29, 0.717) is 10.9 Å². The minimum atomic E-state index is -0.288. The third-order valence-corrected chi connectivity index (χ3v) is 6.21. The molecule has 29 heavy (non-hydrogen) atoms. The third-order valence-electron chi connectivity index (χ3n) is 5.29. The predicted molar refractivity (Wildman–Crippen MR) is 111 cm³/mol. The molecule has 3 aromatic rings. The fraction of sp³-hybridized carbons (Fsp3) is 0.381. The Kier molecular flexibility index (Phi) is 6.10. The number of nitrogens with zero attached hydrogens (tertiary/aromatic N) is 4. The fourth-order valence-corrected chi connectivity index (χ4v) is 4.50. The number of H-pyrrole nitrogens is 1. The highest BCUT2D eigenvalue weighted by atomic mass is 32.2. The monoisotopic (exact) mass is 413 g/mol. The Hall–Kier alpha value is -2.45. The molecule has 1 N–H and O–H groups in total. The number of aromatic nitrogens is 4. The number of rotatable bonds is 7. The summed E-state index contributed by atoms with van der Waals surface area (Å²) in [6.07, 6.45) is 5.36. The van der Waals surface area contributed by atoms with E-state index in [2.05, 4.69) is 27.0 Å². The van der Waals surface area contributed by atoms with Crippen LogP contribution in [0.25, 0.3) is 5.69 Å². The first-order chi connectivity index (χ1) is 14.1. The molecule has 1 aliphatic heterocycles. The smallest absolute Gasteiger partial charge is 0.196 e. The van der Waals surface area contributed by atoms with Gasteiger partial charge < -0.3 is 4.98 Å². The van der Waals surface area contributed by atoms with Crippen LogP contribution in [0.4, 0.5) is 4.39 Å². The Morgan fingerprint density at radius 1 is 1.17 bits per heavy atom. The summed E-state index contributed by atoms with van der Waals surface area (Å²) in [5.74, 6) is 0.772. The molecule has 1 aliphatic rings. The van der Waals surface area contributed by atoms with Gasteiger partial charge >= 0.3 is 0 Å². The lowest BCUT2D eigenvalue weighted by atomic mass is 10.1. The van der Waals surface area contributed by atoms with Crippen molar-refractivity contribution < 1.29 is 9.18 Å². The highest BCUT2D eigenvalue weighted by molar-refractivity contribution is 7.99. The van der Waals surface area contributed by atoms with E-state index in [1.54, 1.807) is 30.5 Å². The van der Waals surface area contributed by atoms with Crippen molar-refractivity contribution in [2.45, 2.75) is 37.4 Å². The van der Waals surface area contributed by atoms with Crippen LogP contribution in [0, 0.1) is 5.82 Å². The van der Waals surface area contributed by atoms with Gasteiger partial charge in [-0.1, -0.05) is 18.2 Å². The van der Waals surface area contributed by atoms with E-state index in [1.807, 2.05) is 4.57 Å². The minimum absolute atomic E-state index is 0.000662. The van der Waals surface area contributed by atoms with Crippen molar-refractivity contribution in [2.24, 2.45) is 0 Å². The molecular weight excluding hydrogens is 389 g/mol. The molecule has 0 radical (unpaired) electrons. The van der Waals surface area contributed by atoms with Crippen molar-refractivity contribution in [1.82, 2.24) is 24.6 Å². The highest BCUT2D eigenvalue weighted by Crippen LogP contribution is 2.29. The van der Waals surface area contributed by atoms with Crippen molar-refractivity contribution in [3.8, 4) is 5.69 Å². The number of benzene rings is 1. The molecule has 0 saturated carbocycles. The lowest BCUT2D eigenvalue weighted by Crippen LogP contribution is -2.33. The fourth-order valence-electron chi connectivity index (χ4n) is 3.66. The SMILES string of the molecule is C[C@H](c1nnc(SCC(=O)c2ccc[nH]2)n1-c1ccc(F)cc1)N1CCCCC1. The Morgan fingerprint density at radius 2 is 1.93 bits per heavy atom. The number of carbonyl (C=O) groups is 1. The summed E-state index contributed by atoms with van der Waals surface area (Å²) in [6.45, 7) is 4.20. The van der Waals surface area contributed by atoms with Crippen molar-refractivity contribution in [2.75, 3.05) is 18.8 Å². The van der Waals surface area contributed by atoms with Gasteiger partial charge in [0, 0.05) is 11.9 Å². The van der Waals surface area contributed by atoms with Gasteiger partial charge in [0.05, 0.1) is 17.5 Å². The highest BCUT2D eigenvalue weighted by Gasteiger charge is 2.26. The number of hydrogen-bond donors (Lipinski definition) is 1. The van der Waals surface area contributed by atoms with Crippen molar-refractivity contribution >= 4 is 17.5 Å². The molecule has 6 nitrogen and oxygen atoms in total. The van der Waals surface area contributed by atoms with E-state index in [-0.39, 0.29) is 23.4 Å². The van der Waals surface area contributed by atoms with Crippen molar-refractivity contribution in [3.05, 3.63) is 59.9 Å². The lowest BCUT2D eigenvalue weighted by molar-refractivity contribution is 0.101. The maximum atomic E-state index is 13.5. The molecule has 1 fully saturated rings. The first kappa shape index (κ1) is 19.8. The summed E-state index contributed by atoms with van der Waals surface area (Å²) in [5, 5.41) is 9.48. The average molecular weight is 414 g/mol. The molecule has 0 aliphatic carbocycles. The largest absolute Gasteiger partial charge is 0.359 e. The zero-order valence-electron chi connectivity index (χ0n) is 16.3. The molecule has 4 rings (SSSR count). The van der Waals surface area contributed by atoms with Gasteiger partial charge in [0.1, 0.15) is 5.82 Å². The Balaban J connectivity index is 1.62. The summed E-state index contributed by atoms with van der Waals surface area (Å²) in [5.41, 5.74) is 1.37. The van der Waals surface area contributed by atoms with Crippen LogP contribution in [0.1, 0.15) is 48.5 Å².